The van der Waals surface area contributed by atoms with Crippen molar-refractivity contribution in [2.45, 2.75) is 30.7 Å². The van der Waals surface area contributed by atoms with Gasteiger partial charge >= 0.3 is 12.0 Å². The van der Waals surface area contributed by atoms with Crippen LogP contribution in [-0.2, 0) is 24.3 Å². The lowest BCUT2D eigenvalue weighted by molar-refractivity contribution is -0.139. The number of sulfonamides is 1. The fourth-order valence-corrected chi connectivity index (χ4v) is 3.02. The van der Waals surface area contributed by atoms with Crippen LogP contribution >= 0.6 is 0 Å². The molecule has 0 aliphatic carbocycles. The van der Waals surface area contributed by atoms with E-state index in [-0.39, 0.29) is 10.5 Å². The van der Waals surface area contributed by atoms with Crippen molar-refractivity contribution in [3.8, 4) is 0 Å². The van der Waals surface area contributed by atoms with E-state index in [1.54, 1.807) is 6.92 Å². The van der Waals surface area contributed by atoms with Gasteiger partial charge in [-0.3, -0.25) is 15.0 Å². The van der Waals surface area contributed by atoms with Crippen LogP contribution in [0.15, 0.2) is 29.2 Å². The van der Waals surface area contributed by atoms with E-state index >= 15 is 0 Å². The highest BCUT2D eigenvalue weighted by molar-refractivity contribution is 7.89. The molecule has 11 nitrogen and oxygen atoms in total. The lowest BCUT2D eigenvalue weighted by atomic mass is 10.00. The Morgan fingerprint density at radius 2 is 1.82 bits per heavy atom. The van der Waals surface area contributed by atoms with Crippen LogP contribution in [0.1, 0.15) is 30.6 Å². The fourth-order valence-electron chi connectivity index (χ4n) is 2.28. The Labute approximate surface area is 161 Å². The van der Waals surface area contributed by atoms with Gasteiger partial charge in [0.05, 0.1) is 10.5 Å². The molecule has 0 radical (unpaired) electrons. The summed E-state index contributed by atoms with van der Waals surface area (Å²) in [4.78, 5) is 47.8. The molecular formula is C16H20N4O7S. The molecule has 1 atom stereocenters. The molecule has 1 fully saturated rings. The number of carbonyl (C=O) groups is 4. The van der Waals surface area contributed by atoms with Gasteiger partial charge in [0, 0.05) is 0 Å². The molecule has 0 saturated carbocycles. The van der Waals surface area contributed by atoms with Crippen LogP contribution in [-0.4, -0.2) is 56.4 Å². The van der Waals surface area contributed by atoms with Gasteiger partial charge in [-0.25, -0.2) is 22.7 Å². The number of carbonyl (C=O) groups excluding carboxylic acids is 4. The normalized spacial score (nSPS) is 19.3. The molecule has 152 valence electrons. The number of hydrogen-bond acceptors (Lipinski definition) is 7. The van der Waals surface area contributed by atoms with Crippen molar-refractivity contribution in [1.29, 1.82) is 0 Å². The van der Waals surface area contributed by atoms with Crippen molar-refractivity contribution in [3.05, 3.63) is 29.8 Å². The molecule has 0 spiro atoms. The van der Waals surface area contributed by atoms with Crippen LogP contribution in [0.3, 0.4) is 0 Å². The van der Waals surface area contributed by atoms with Crippen molar-refractivity contribution < 1.29 is 32.3 Å². The van der Waals surface area contributed by atoms with Crippen LogP contribution in [0.25, 0.3) is 0 Å². The first-order valence-corrected chi connectivity index (χ1v) is 9.69. The summed E-state index contributed by atoms with van der Waals surface area (Å²) in [5.41, 5.74) is 0.989. The van der Waals surface area contributed by atoms with Crippen molar-refractivity contribution in [2.24, 2.45) is 0 Å². The standard InChI is InChI=1S/C16H20N4O7S/c1-4-16(2)14(23)20(15(24)18-16)19-12(21)9-27-13(22)10-5-7-11(8-6-10)28(25,26)17-3/h5-8,17H,4,9H2,1-3H3,(H,18,24)(H,19,21). The van der Waals surface area contributed by atoms with Crippen molar-refractivity contribution in [2.75, 3.05) is 13.7 Å². The van der Waals surface area contributed by atoms with Gasteiger partial charge in [-0.1, -0.05) is 6.92 Å². The van der Waals surface area contributed by atoms with Crippen LogP contribution in [0, 0.1) is 0 Å². The monoisotopic (exact) mass is 412 g/mol. The number of hydrogen-bond donors (Lipinski definition) is 3. The van der Waals surface area contributed by atoms with Gasteiger partial charge in [-0.15, -0.1) is 0 Å². The summed E-state index contributed by atoms with van der Waals surface area (Å²) in [5, 5.41) is 3.00. The highest BCUT2D eigenvalue weighted by Gasteiger charge is 2.47. The molecule has 1 aliphatic rings. The first-order chi connectivity index (χ1) is 13.0. The van der Waals surface area contributed by atoms with Crippen LogP contribution in [0.2, 0.25) is 0 Å². The van der Waals surface area contributed by atoms with Crippen molar-refractivity contribution in [3.63, 3.8) is 0 Å². The molecule has 0 bridgehead atoms. The number of nitrogens with zero attached hydrogens (tertiary/aromatic N) is 1. The summed E-state index contributed by atoms with van der Waals surface area (Å²) in [6, 6.07) is 4.10. The summed E-state index contributed by atoms with van der Waals surface area (Å²) in [6.07, 6.45) is 0.332. The molecule has 1 saturated heterocycles. The van der Waals surface area contributed by atoms with Crippen LogP contribution in [0.5, 0.6) is 0 Å². The zero-order chi connectivity index (χ0) is 21.1. The summed E-state index contributed by atoms with van der Waals surface area (Å²) in [7, 11) is -2.39. The average molecular weight is 412 g/mol. The lowest BCUT2D eigenvalue weighted by Gasteiger charge is -2.19. The minimum absolute atomic E-state index is 0.0244. The van der Waals surface area contributed by atoms with Crippen LogP contribution in [0.4, 0.5) is 4.79 Å². The average Bonchev–Trinajstić information content (AvgIpc) is 2.89. The number of nitrogens with one attached hydrogen (secondary N) is 3. The minimum atomic E-state index is -3.64. The first-order valence-electron chi connectivity index (χ1n) is 8.21. The Kier molecular flexibility index (Phi) is 6.04. The number of rotatable bonds is 7. The third-order valence-electron chi connectivity index (χ3n) is 4.21. The smallest absolute Gasteiger partial charge is 0.344 e. The van der Waals surface area contributed by atoms with E-state index in [4.69, 9.17) is 4.74 Å². The number of benzene rings is 1. The molecular weight excluding hydrogens is 392 g/mol. The van der Waals surface area contributed by atoms with Gasteiger partial charge in [0.1, 0.15) is 5.54 Å². The molecule has 4 amide bonds. The van der Waals surface area contributed by atoms with Gasteiger partial charge in [-0.05, 0) is 44.7 Å². The maximum absolute atomic E-state index is 12.2. The minimum Gasteiger partial charge on any atom is -0.452 e. The Morgan fingerprint density at radius 1 is 1.21 bits per heavy atom. The maximum Gasteiger partial charge on any atom is 0.344 e. The number of esters is 1. The predicted octanol–water partition coefficient (Wildman–Crippen LogP) is -0.497. The first kappa shape index (κ1) is 21.3. The summed E-state index contributed by atoms with van der Waals surface area (Å²) in [6.45, 7) is 2.49. The predicted molar refractivity (Wildman–Crippen MR) is 95.2 cm³/mol. The zero-order valence-electron chi connectivity index (χ0n) is 15.4. The second-order valence-corrected chi connectivity index (χ2v) is 7.99. The Bertz CT molecular complexity index is 913. The van der Waals surface area contributed by atoms with E-state index in [9.17, 15) is 27.6 Å². The van der Waals surface area contributed by atoms with E-state index in [0.717, 1.165) is 0 Å². The Hall–Kier alpha value is -2.99. The number of hydrazine groups is 1. The molecule has 1 aliphatic heterocycles. The van der Waals surface area contributed by atoms with Gasteiger partial charge < -0.3 is 10.1 Å². The quantitative estimate of drug-likeness (QED) is 0.403. The molecule has 2 rings (SSSR count). The Morgan fingerprint density at radius 3 is 2.32 bits per heavy atom. The number of imide groups is 1. The number of ether oxygens (including phenoxy) is 1. The van der Waals surface area contributed by atoms with E-state index < -0.39 is 46.0 Å². The summed E-state index contributed by atoms with van der Waals surface area (Å²) >= 11 is 0. The second-order valence-electron chi connectivity index (χ2n) is 6.10. The molecule has 0 aromatic heterocycles. The third kappa shape index (κ3) is 4.28. The van der Waals surface area contributed by atoms with Crippen LogP contribution < -0.4 is 15.5 Å². The Balaban J connectivity index is 1.93. The maximum atomic E-state index is 12.2. The molecule has 3 N–H and O–H groups in total. The summed E-state index contributed by atoms with van der Waals surface area (Å²) in [5.74, 6) is -2.38. The van der Waals surface area contributed by atoms with Crippen molar-refractivity contribution >= 4 is 33.8 Å². The fraction of sp³-hybridized carbons (Fsp3) is 0.375. The summed E-state index contributed by atoms with van der Waals surface area (Å²) < 4.78 is 30.2. The molecule has 12 heteroatoms. The number of urea groups is 1. The molecule has 1 aromatic rings. The SMILES string of the molecule is CCC1(C)NC(=O)N(NC(=O)COC(=O)c2ccc(S(=O)(=O)NC)cc2)C1=O. The van der Waals surface area contributed by atoms with Crippen molar-refractivity contribution in [1.82, 2.24) is 20.5 Å². The topological polar surface area (TPSA) is 151 Å². The van der Waals surface area contributed by atoms with E-state index in [0.29, 0.717) is 11.4 Å². The van der Waals surface area contributed by atoms with Gasteiger partial charge in [0.2, 0.25) is 10.0 Å². The van der Waals surface area contributed by atoms with Gasteiger partial charge in [0.15, 0.2) is 6.61 Å². The van der Waals surface area contributed by atoms with E-state index in [2.05, 4.69) is 15.5 Å². The molecule has 1 aromatic carbocycles. The largest absolute Gasteiger partial charge is 0.452 e. The highest BCUT2D eigenvalue weighted by atomic mass is 32.2. The third-order valence-corrected chi connectivity index (χ3v) is 5.64. The molecule has 28 heavy (non-hydrogen) atoms. The molecule has 1 heterocycles. The van der Waals surface area contributed by atoms with E-state index in [1.807, 2.05) is 0 Å². The molecule has 1 unspecified atom stereocenters. The zero-order valence-corrected chi connectivity index (χ0v) is 16.3. The number of amides is 4. The highest BCUT2D eigenvalue weighted by Crippen LogP contribution is 2.19. The second kappa shape index (κ2) is 7.94. The van der Waals surface area contributed by atoms with E-state index in [1.165, 1.54) is 38.2 Å². The van der Waals surface area contributed by atoms with Gasteiger partial charge in [0.25, 0.3) is 11.8 Å². The lowest BCUT2D eigenvalue weighted by Crippen LogP contribution is -2.49. The van der Waals surface area contributed by atoms with Gasteiger partial charge in [-0.2, -0.15) is 5.01 Å².